The van der Waals surface area contributed by atoms with E-state index >= 15 is 0 Å². The van der Waals surface area contributed by atoms with Crippen LogP contribution in [-0.4, -0.2) is 25.9 Å². The molecule has 0 heterocycles. The van der Waals surface area contributed by atoms with Crippen molar-refractivity contribution in [3.05, 3.63) is 83.4 Å². The van der Waals surface area contributed by atoms with Gasteiger partial charge in [-0.2, -0.15) is 0 Å². The van der Waals surface area contributed by atoms with Crippen LogP contribution in [0.3, 0.4) is 0 Å². The normalized spacial score (nSPS) is 15.2. The molecule has 0 amide bonds. The Balaban J connectivity index is 1.49. The summed E-state index contributed by atoms with van der Waals surface area (Å²) in [7, 11) is 3.42. The van der Waals surface area contributed by atoms with Crippen LogP contribution < -0.4 is 14.2 Å². The molecule has 1 N–H and O–H groups in total. The molecular formula is C32H30O4. The van der Waals surface area contributed by atoms with Gasteiger partial charge in [-0.1, -0.05) is 48.5 Å². The maximum atomic E-state index is 11.1. The number of aromatic hydroxyl groups is 1. The molecule has 0 aliphatic heterocycles. The van der Waals surface area contributed by atoms with Crippen LogP contribution in [0, 0.1) is 0 Å². The smallest absolute Gasteiger partial charge is 0.165 e. The molecule has 5 aromatic rings. The van der Waals surface area contributed by atoms with Gasteiger partial charge in [-0.3, -0.25) is 0 Å². The fraction of sp³-hybridized carbons (Fsp3) is 0.250. The van der Waals surface area contributed by atoms with E-state index in [1.54, 1.807) is 14.2 Å². The third kappa shape index (κ3) is 3.43. The summed E-state index contributed by atoms with van der Waals surface area (Å²) in [5.41, 5.74) is 3.83. The van der Waals surface area contributed by atoms with Crippen molar-refractivity contribution in [2.75, 3.05) is 20.8 Å². The van der Waals surface area contributed by atoms with Crippen LogP contribution in [0.1, 0.15) is 36.0 Å². The van der Waals surface area contributed by atoms with E-state index in [4.69, 9.17) is 14.2 Å². The van der Waals surface area contributed by atoms with Crippen molar-refractivity contribution in [1.29, 1.82) is 0 Å². The second-order valence-corrected chi connectivity index (χ2v) is 9.50. The Kier molecular flexibility index (Phi) is 5.60. The van der Waals surface area contributed by atoms with Gasteiger partial charge in [0.05, 0.1) is 26.2 Å². The molecule has 36 heavy (non-hydrogen) atoms. The molecule has 0 saturated carbocycles. The maximum Gasteiger partial charge on any atom is 0.165 e. The summed E-state index contributed by atoms with van der Waals surface area (Å²) >= 11 is 0. The van der Waals surface area contributed by atoms with Gasteiger partial charge in [0.25, 0.3) is 0 Å². The van der Waals surface area contributed by atoms with Gasteiger partial charge in [-0.25, -0.2) is 0 Å². The molecule has 0 aromatic heterocycles. The number of phenols is 1. The second-order valence-electron chi connectivity index (χ2n) is 9.50. The van der Waals surface area contributed by atoms with Crippen molar-refractivity contribution in [2.24, 2.45) is 0 Å². The minimum atomic E-state index is 0.249. The highest BCUT2D eigenvalue weighted by atomic mass is 16.5. The molecule has 0 radical (unpaired) electrons. The van der Waals surface area contributed by atoms with Crippen molar-refractivity contribution in [3.8, 4) is 23.0 Å². The summed E-state index contributed by atoms with van der Waals surface area (Å²) in [6.45, 7) is 2.48. The molecule has 0 bridgehead atoms. The fourth-order valence-corrected chi connectivity index (χ4v) is 6.02. The number of ether oxygens (including phenoxy) is 3. The number of hydrogen-bond acceptors (Lipinski definition) is 4. The first-order valence-electron chi connectivity index (χ1n) is 12.6. The van der Waals surface area contributed by atoms with E-state index in [-0.39, 0.29) is 11.7 Å². The Morgan fingerprint density at radius 1 is 0.833 bits per heavy atom. The third-order valence-corrected chi connectivity index (χ3v) is 7.67. The Labute approximate surface area is 211 Å². The second kappa shape index (κ2) is 8.94. The molecule has 1 unspecified atom stereocenters. The van der Waals surface area contributed by atoms with E-state index < -0.39 is 0 Å². The lowest BCUT2D eigenvalue weighted by Crippen LogP contribution is -2.14. The molecule has 4 heteroatoms. The van der Waals surface area contributed by atoms with E-state index in [0.29, 0.717) is 12.4 Å². The average molecular weight is 479 g/mol. The maximum absolute atomic E-state index is 11.1. The first-order valence-corrected chi connectivity index (χ1v) is 12.6. The zero-order chi connectivity index (χ0) is 24.8. The lowest BCUT2D eigenvalue weighted by atomic mass is 9.77. The van der Waals surface area contributed by atoms with Gasteiger partial charge in [-0.05, 0) is 83.0 Å². The lowest BCUT2D eigenvalue weighted by Gasteiger charge is -2.28. The van der Waals surface area contributed by atoms with E-state index in [1.807, 2.05) is 37.3 Å². The monoisotopic (exact) mass is 478 g/mol. The van der Waals surface area contributed by atoms with Crippen LogP contribution in [0.25, 0.3) is 32.3 Å². The van der Waals surface area contributed by atoms with E-state index in [9.17, 15) is 5.11 Å². The standard InChI is InChI=1S/C32H30O4/c1-4-36-32-26(17-19-8-5-6-9-23(19)31(32)33)21-12-14-22-20(16-21)13-15-24-25-10-7-11-28(34-2)30(25)29(35-3)18-27(22)24/h5-11,13,15,17-18,21,33H,4,12,14,16H2,1-3H3. The number of aryl methyl sites for hydroxylation is 1. The van der Waals surface area contributed by atoms with Gasteiger partial charge < -0.3 is 19.3 Å². The lowest BCUT2D eigenvalue weighted by molar-refractivity contribution is 0.313. The van der Waals surface area contributed by atoms with E-state index in [2.05, 4.69) is 36.4 Å². The summed E-state index contributed by atoms with van der Waals surface area (Å²) < 4.78 is 17.5. The SMILES string of the molecule is CCOc1c(C2CCc3c(ccc4c3cc(OC)c3c(OC)cccc34)C2)cc2ccccc2c1O. The first-order chi connectivity index (χ1) is 17.6. The van der Waals surface area contributed by atoms with Gasteiger partial charge in [-0.15, -0.1) is 0 Å². The molecule has 0 spiro atoms. The summed E-state index contributed by atoms with van der Waals surface area (Å²) in [6, 6.07) is 23.0. The molecule has 0 fully saturated rings. The van der Waals surface area contributed by atoms with Crippen molar-refractivity contribution in [1.82, 2.24) is 0 Å². The van der Waals surface area contributed by atoms with Crippen LogP contribution in [0.4, 0.5) is 0 Å². The Morgan fingerprint density at radius 3 is 2.44 bits per heavy atom. The molecule has 182 valence electrons. The summed E-state index contributed by atoms with van der Waals surface area (Å²) in [6.07, 6.45) is 2.85. The molecule has 1 aliphatic rings. The molecule has 1 atom stereocenters. The van der Waals surface area contributed by atoms with Crippen LogP contribution >= 0.6 is 0 Å². The number of methoxy groups -OCH3 is 2. The van der Waals surface area contributed by atoms with Gasteiger partial charge in [0, 0.05) is 10.9 Å². The van der Waals surface area contributed by atoms with Crippen molar-refractivity contribution in [3.63, 3.8) is 0 Å². The van der Waals surface area contributed by atoms with E-state index in [0.717, 1.165) is 57.9 Å². The summed E-state index contributed by atoms with van der Waals surface area (Å²) in [4.78, 5) is 0. The molecule has 1 aliphatic carbocycles. The minimum Gasteiger partial charge on any atom is -0.504 e. The predicted octanol–water partition coefficient (Wildman–Crippen LogP) is 7.54. The number of phenolic OH excluding ortho intramolecular Hbond substituents is 1. The third-order valence-electron chi connectivity index (χ3n) is 7.67. The first kappa shape index (κ1) is 22.5. The Bertz CT molecular complexity index is 1620. The van der Waals surface area contributed by atoms with Crippen LogP contribution in [0.15, 0.2) is 66.7 Å². The van der Waals surface area contributed by atoms with Crippen molar-refractivity contribution in [2.45, 2.75) is 32.1 Å². The van der Waals surface area contributed by atoms with Crippen molar-refractivity contribution >= 4 is 32.3 Å². The van der Waals surface area contributed by atoms with Crippen LogP contribution in [0.5, 0.6) is 23.0 Å². The van der Waals surface area contributed by atoms with E-state index in [1.165, 1.54) is 21.9 Å². The van der Waals surface area contributed by atoms with Gasteiger partial charge in [0.15, 0.2) is 11.5 Å². The molecule has 4 nitrogen and oxygen atoms in total. The fourth-order valence-electron chi connectivity index (χ4n) is 6.02. The Morgan fingerprint density at radius 2 is 1.64 bits per heavy atom. The van der Waals surface area contributed by atoms with Gasteiger partial charge in [0.1, 0.15) is 11.5 Å². The number of benzene rings is 5. The number of fused-ring (bicyclic) bond motifs is 6. The minimum absolute atomic E-state index is 0.249. The van der Waals surface area contributed by atoms with Gasteiger partial charge >= 0.3 is 0 Å². The predicted molar refractivity (Wildman–Crippen MR) is 146 cm³/mol. The quantitative estimate of drug-likeness (QED) is 0.265. The summed E-state index contributed by atoms with van der Waals surface area (Å²) in [5.74, 6) is 2.81. The highest BCUT2D eigenvalue weighted by Crippen LogP contribution is 2.47. The Hall–Kier alpha value is -3.92. The van der Waals surface area contributed by atoms with Crippen LogP contribution in [0.2, 0.25) is 0 Å². The largest absolute Gasteiger partial charge is 0.504 e. The zero-order valence-electron chi connectivity index (χ0n) is 20.9. The highest BCUT2D eigenvalue weighted by Gasteiger charge is 2.27. The van der Waals surface area contributed by atoms with Gasteiger partial charge in [0.2, 0.25) is 0 Å². The van der Waals surface area contributed by atoms with Crippen molar-refractivity contribution < 1.29 is 19.3 Å². The average Bonchev–Trinajstić information content (AvgIpc) is 2.93. The summed E-state index contributed by atoms with van der Waals surface area (Å²) in [5, 5.41) is 17.6. The molecular weight excluding hydrogens is 448 g/mol. The number of rotatable bonds is 5. The molecule has 0 saturated heterocycles. The highest BCUT2D eigenvalue weighted by molar-refractivity contribution is 6.13. The zero-order valence-corrected chi connectivity index (χ0v) is 20.9. The topological polar surface area (TPSA) is 47.9 Å². The number of hydrogen-bond donors (Lipinski definition) is 1. The molecule has 5 aromatic carbocycles. The molecule has 6 rings (SSSR count). The van der Waals surface area contributed by atoms with Crippen LogP contribution in [-0.2, 0) is 12.8 Å².